The summed E-state index contributed by atoms with van der Waals surface area (Å²) in [7, 11) is 3.13. The average molecular weight is 501 g/mol. The predicted molar refractivity (Wildman–Crippen MR) is 142 cm³/mol. The van der Waals surface area contributed by atoms with E-state index in [1.54, 1.807) is 13.3 Å². The van der Waals surface area contributed by atoms with Gasteiger partial charge in [0.1, 0.15) is 5.75 Å². The van der Waals surface area contributed by atoms with E-state index in [9.17, 15) is 9.90 Å². The Labute approximate surface area is 213 Å². The first-order valence-electron chi connectivity index (χ1n) is 13.1. The van der Waals surface area contributed by atoms with E-state index in [2.05, 4.69) is 21.6 Å². The second-order valence-electron chi connectivity index (χ2n) is 9.99. The SMILES string of the molecule is COC(=O)[C@H]1CN(CCSC2CCCCC2)CC[C@H]1CCC(O)c1ccnc2ccc(OC)cc12. The molecule has 4 rings (SSSR count). The molecule has 6 nitrogen and oxygen atoms in total. The normalized spacial score (nSPS) is 22.7. The Hall–Kier alpha value is -1.83. The minimum absolute atomic E-state index is 0.117. The van der Waals surface area contributed by atoms with Crippen molar-refractivity contribution in [3.05, 3.63) is 36.0 Å². The molecular formula is C28H40N2O4S. The predicted octanol–water partition coefficient (Wildman–Crippen LogP) is 5.23. The summed E-state index contributed by atoms with van der Waals surface area (Å²) in [4.78, 5) is 19.5. The van der Waals surface area contributed by atoms with E-state index in [0.717, 1.165) is 65.7 Å². The van der Waals surface area contributed by atoms with Crippen molar-refractivity contribution >= 4 is 28.6 Å². The van der Waals surface area contributed by atoms with Gasteiger partial charge in [0.25, 0.3) is 0 Å². The lowest BCUT2D eigenvalue weighted by molar-refractivity contribution is -0.150. The topological polar surface area (TPSA) is 71.9 Å². The van der Waals surface area contributed by atoms with Gasteiger partial charge in [0.15, 0.2) is 0 Å². The van der Waals surface area contributed by atoms with Crippen molar-refractivity contribution in [2.45, 2.75) is 62.7 Å². The van der Waals surface area contributed by atoms with Crippen LogP contribution in [0, 0.1) is 11.8 Å². The van der Waals surface area contributed by atoms with Gasteiger partial charge in [0.2, 0.25) is 0 Å². The number of carbonyl (C=O) groups excluding carboxylic acids is 1. The van der Waals surface area contributed by atoms with E-state index >= 15 is 0 Å². The van der Waals surface area contributed by atoms with Crippen molar-refractivity contribution in [1.29, 1.82) is 0 Å². The summed E-state index contributed by atoms with van der Waals surface area (Å²) in [5.74, 6) is 1.87. The molecular weight excluding hydrogens is 460 g/mol. The quantitative estimate of drug-likeness (QED) is 0.448. The number of hydrogen-bond acceptors (Lipinski definition) is 7. The molecule has 1 unspecified atom stereocenters. The number of thioether (sulfide) groups is 1. The number of methoxy groups -OCH3 is 2. The molecule has 0 bridgehead atoms. The molecule has 1 N–H and O–H groups in total. The maximum Gasteiger partial charge on any atom is 0.310 e. The lowest BCUT2D eigenvalue weighted by Gasteiger charge is -2.37. The van der Waals surface area contributed by atoms with Gasteiger partial charge in [-0.2, -0.15) is 11.8 Å². The van der Waals surface area contributed by atoms with Crippen molar-refractivity contribution in [3.8, 4) is 5.75 Å². The van der Waals surface area contributed by atoms with E-state index < -0.39 is 6.10 Å². The van der Waals surface area contributed by atoms with Crippen LogP contribution in [0.15, 0.2) is 30.5 Å². The Morgan fingerprint density at radius 2 is 2.03 bits per heavy atom. The third kappa shape index (κ3) is 6.89. The minimum atomic E-state index is -0.615. The number of carbonyl (C=O) groups is 1. The van der Waals surface area contributed by atoms with E-state index in [4.69, 9.17) is 9.47 Å². The number of nitrogens with zero attached hydrogens (tertiary/aromatic N) is 2. The number of piperidine rings is 1. The number of rotatable bonds is 10. The maximum absolute atomic E-state index is 12.7. The van der Waals surface area contributed by atoms with Crippen LogP contribution in [0.5, 0.6) is 5.75 Å². The zero-order valence-corrected chi connectivity index (χ0v) is 22.0. The maximum atomic E-state index is 12.7. The Morgan fingerprint density at radius 1 is 1.20 bits per heavy atom. The average Bonchev–Trinajstić information content (AvgIpc) is 2.91. The summed E-state index contributed by atoms with van der Waals surface area (Å²) in [5.41, 5.74) is 1.70. The molecule has 1 aromatic carbocycles. The molecule has 192 valence electrons. The second-order valence-corrected chi connectivity index (χ2v) is 11.4. The Bertz CT molecular complexity index is 965. The number of pyridine rings is 1. The largest absolute Gasteiger partial charge is 0.497 e. The number of ether oxygens (including phenoxy) is 2. The smallest absolute Gasteiger partial charge is 0.310 e. The fourth-order valence-corrected chi connectivity index (χ4v) is 7.07. The first-order chi connectivity index (χ1) is 17.1. The number of benzene rings is 1. The van der Waals surface area contributed by atoms with Gasteiger partial charge in [-0.3, -0.25) is 9.78 Å². The zero-order valence-electron chi connectivity index (χ0n) is 21.2. The number of esters is 1. The number of hydrogen-bond donors (Lipinski definition) is 1. The van der Waals surface area contributed by atoms with Crippen LogP contribution in [0.25, 0.3) is 10.9 Å². The molecule has 7 heteroatoms. The summed E-state index contributed by atoms with van der Waals surface area (Å²) in [6, 6.07) is 7.62. The first-order valence-corrected chi connectivity index (χ1v) is 14.2. The molecule has 1 aliphatic heterocycles. The Kier molecular flexibility index (Phi) is 9.69. The number of aliphatic hydroxyl groups excluding tert-OH is 1. The third-order valence-corrected chi connectivity index (χ3v) is 9.17. The van der Waals surface area contributed by atoms with Gasteiger partial charge in [-0.25, -0.2) is 0 Å². The standard InChI is InChI=1S/C28H40N2O4S/c1-33-21-9-10-26-24(18-21)23(12-14-29-26)27(31)11-8-20-13-15-30(19-25(20)28(32)34-2)16-17-35-22-6-4-3-5-7-22/h9-10,12,14,18,20,22,25,27,31H,3-8,11,13,15-17,19H2,1-2H3/t20-,25+,27?/m1/s1. The molecule has 1 saturated carbocycles. The molecule has 2 fully saturated rings. The number of aromatic nitrogens is 1. The highest BCUT2D eigenvalue weighted by molar-refractivity contribution is 7.99. The fourth-order valence-electron chi connectivity index (χ4n) is 5.71. The third-order valence-electron chi connectivity index (χ3n) is 7.81. The summed E-state index contributed by atoms with van der Waals surface area (Å²) in [6.45, 7) is 2.80. The molecule has 0 radical (unpaired) electrons. The highest BCUT2D eigenvalue weighted by Gasteiger charge is 2.35. The van der Waals surface area contributed by atoms with Gasteiger partial charge in [0, 0.05) is 35.7 Å². The molecule has 2 aliphatic rings. The lowest BCUT2D eigenvalue weighted by atomic mass is 9.81. The van der Waals surface area contributed by atoms with Crippen LogP contribution in [0.3, 0.4) is 0 Å². The van der Waals surface area contributed by atoms with Gasteiger partial charge >= 0.3 is 5.97 Å². The molecule has 0 amide bonds. The van der Waals surface area contributed by atoms with Crippen LogP contribution in [-0.4, -0.2) is 65.8 Å². The summed E-state index contributed by atoms with van der Waals surface area (Å²) in [6.07, 6.45) is 10.4. The fraction of sp³-hybridized carbons (Fsp3) is 0.643. The van der Waals surface area contributed by atoms with Crippen LogP contribution in [0.1, 0.15) is 63.0 Å². The molecule has 1 saturated heterocycles. The van der Waals surface area contributed by atoms with Gasteiger partial charge < -0.3 is 19.5 Å². The second kappa shape index (κ2) is 12.9. The van der Waals surface area contributed by atoms with Crippen molar-refractivity contribution < 1.29 is 19.4 Å². The Balaban J connectivity index is 1.33. The van der Waals surface area contributed by atoms with E-state index in [-0.39, 0.29) is 17.8 Å². The van der Waals surface area contributed by atoms with Crippen LogP contribution in [0.4, 0.5) is 0 Å². The van der Waals surface area contributed by atoms with Gasteiger partial charge in [-0.1, -0.05) is 19.3 Å². The zero-order chi connectivity index (χ0) is 24.6. The summed E-state index contributed by atoms with van der Waals surface area (Å²) in [5, 5.41) is 12.8. The Morgan fingerprint density at radius 3 is 2.80 bits per heavy atom. The molecule has 1 aliphatic carbocycles. The summed E-state index contributed by atoms with van der Waals surface area (Å²) >= 11 is 2.12. The first kappa shape index (κ1) is 26.2. The monoisotopic (exact) mass is 500 g/mol. The number of aliphatic hydroxyl groups is 1. The highest BCUT2D eigenvalue weighted by Crippen LogP contribution is 2.34. The van der Waals surface area contributed by atoms with Gasteiger partial charge in [-0.15, -0.1) is 0 Å². The molecule has 35 heavy (non-hydrogen) atoms. The van der Waals surface area contributed by atoms with Crippen molar-refractivity contribution in [1.82, 2.24) is 9.88 Å². The number of fused-ring (bicyclic) bond motifs is 1. The molecule has 3 atom stereocenters. The van der Waals surface area contributed by atoms with Crippen LogP contribution in [-0.2, 0) is 9.53 Å². The van der Waals surface area contributed by atoms with Crippen molar-refractivity contribution in [2.75, 3.05) is 39.6 Å². The van der Waals surface area contributed by atoms with Gasteiger partial charge in [-0.05, 0) is 74.4 Å². The molecule has 2 aromatic rings. The lowest BCUT2D eigenvalue weighted by Crippen LogP contribution is -2.45. The van der Waals surface area contributed by atoms with Crippen LogP contribution in [0.2, 0.25) is 0 Å². The van der Waals surface area contributed by atoms with Crippen molar-refractivity contribution in [3.63, 3.8) is 0 Å². The number of likely N-dealkylation sites (tertiary alicyclic amines) is 1. The van der Waals surface area contributed by atoms with Crippen LogP contribution >= 0.6 is 11.8 Å². The van der Waals surface area contributed by atoms with Gasteiger partial charge in [0.05, 0.1) is 31.8 Å². The molecule has 2 heterocycles. The minimum Gasteiger partial charge on any atom is -0.497 e. The highest BCUT2D eigenvalue weighted by atomic mass is 32.2. The molecule has 1 aromatic heterocycles. The van der Waals surface area contributed by atoms with E-state index in [1.807, 2.05) is 24.3 Å². The van der Waals surface area contributed by atoms with Crippen molar-refractivity contribution in [2.24, 2.45) is 11.8 Å². The van der Waals surface area contributed by atoms with E-state index in [1.165, 1.54) is 39.2 Å². The molecule has 0 spiro atoms. The van der Waals surface area contributed by atoms with Crippen LogP contribution < -0.4 is 4.74 Å². The van der Waals surface area contributed by atoms with E-state index in [0.29, 0.717) is 6.42 Å². The summed E-state index contributed by atoms with van der Waals surface area (Å²) < 4.78 is 10.6.